The van der Waals surface area contributed by atoms with Gasteiger partial charge in [-0.2, -0.15) is 0 Å². The molecule has 8 nitrogen and oxygen atoms in total. The fourth-order valence-electron chi connectivity index (χ4n) is 4.46. The standard InChI is InChI=1S/C27H30N4O4/c32-25(30-35-26-5-1-4-16-34-26)13-10-19-6-8-20(9-7-19)17-24-28-22-12-11-21(18-23(22)29-24)27(33)31-14-2-3-15-31/h6-13,18,26H,1-5,14-17H2,(H,28,29)(H,30,32). The van der Waals surface area contributed by atoms with E-state index < -0.39 is 0 Å². The van der Waals surface area contributed by atoms with Crippen LogP contribution in [-0.4, -0.2) is 52.7 Å². The Balaban J connectivity index is 1.16. The molecular weight excluding hydrogens is 444 g/mol. The molecule has 5 rings (SSSR count). The molecule has 2 aliphatic rings. The van der Waals surface area contributed by atoms with E-state index in [9.17, 15) is 9.59 Å². The van der Waals surface area contributed by atoms with Crippen molar-refractivity contribution in [3.63, 3.8) is 0 Å². The molecule has 0 bridgehead atoms. The van der Waals surface area contributed by atoms with E-state index in [0.717, 1.165) is 73.2 Å². The zero-order chi connectivity index (χ0) is 24.0. The number of likely N-dealkylation sites (tertiary alicyclic amines) is 1. The number of benzene rings is 2. The zero-order valence-electron chi connectivity index (χ0n) is 19.7. The van der Waals surface area contributed by atoms with Gasteiger partial charge in [-0.25, -0.2) is 15.3 Å². The first-order chi connectivity index (χ1) is 17.1. The largest absolute Gasteiger partial charge is 0.350 e. The first-order valence-electron chi connectivity index (χ1n) is 12.3. The Hall–Kier alpha value is -3.49. The summed E-state index contributed by atoms with van der Waals surface area (Å²) in [5.41, 5.74) is 6.85. The number of amides is 2. The second kappa shape index (κ2) is 10.8. The lowest BCUT2D eigenvalue weighted by Crippen LogP contribution is -2.32. The third-order valence-electron chi connectivity index (χ3n) is 6.38. The Kier molecular flexibility index (Phi) is 7.20. The summed E-state index contributed by atoms with van der Waals surface area (Å²) in [4.78, 5) is 39.9. The van der Waals surface area contributed by atoms with Crippen LogP contribution in [0.15, 0.2) is 48.5 Å². The number of aromatic amines is 1. The van der Waals surface area contributed by atoms with Gasteiger partial charge in [-0.05, 0) is 61.1 Å². The summed E-state index contributed by atoms with van der Waals surface area (Å²) in [6.45, 7) is 2.34. The molecule has 8 heteroatoms. The molecule has 2 aliphatic heterocycles. The van der Waals surface area contributed by atoms with Gasteiger partial charge in [0.25, 0.3) is 11.8 Å². The maximum atomic E-state index is 12.7. The van der Waals surface area contributed by atoms with Crippen molar-refractivity contribution in [3.8, 4) is 0 Å². The summed E-state index contributed by atoms with van der Waals surface area (Å²) in [7, 11) is 0. The molecule has 1 aromatic heterocycles. The first kappa shape index (κ1) is 23.3. The van der Waals surface area contributed by atoms with Crippen LogP contribution in [-0.2, 0) is 20.8 Å². The van der Waals surface area contributed by atoms with Crippen molar-refractivity contribution in [2.24, 2.45) is 0 Å². The number of hydrogen-bond donors (Lipinski definition) is 2. The van der Waals surface area contributed by atoms with Gasteiger partial charge in [0.1, 0.15) is 5.82 Å². The third-order valence-corrected chi connectivity index (χ3v) is 6.38. The van der Waals surface area contributed by atoms with E-state index in [1.165, 1.54) is 6.08 Å². The lowest BCUT2D eigenvalue weighted by molar-refractivity contribution is -0.198. The van der Waals surface area contributed by atoms with Crippen molar-refractivity contribution in [2.75, 3.05) is 19.7 Å². The average Bonchev–Trinajstić information content (AvgIpc) is 3.57. The van der Waals surface area contributed by atoms with Gasteiger partial charge in [-0.3, -0.25) is 9.59 Å². The highest BCUT2D eigenvalue weighted by atomic mass is 16.8. The van der Waals surface area contributed by atoms with Crippen LogP contribution in [0.3, 0.4) is 0 Å². The Morgan fingerprint density at radius 2 is 1.94 bits per heavy atom. The van der Waals surface area contributed by atoms with E-state index in [2.05, 4.69) is 15.4 Å². The molecule has 1 unspecified atom stereocenters. The number of carbonyl (C=O) groups is 2. The fraction of sp³-hybridized carbons (Fsp3) is 0.370. The van der Waals surface area contributed by atoms with Crippen LogP contribution in [0.4, 0.5) is 0 Å². The Bertz CT molecular complexity index is 1210. The van der Waals surface area contributed by atoms with Gasteiger partial charge >= 0.3 is 0 Å². The molecule has 2 fully saturated rings. The van der Waals surface area contributed by atoms with Crippen molar-refractivity contribution in [1.82, 2.24) is 20.3 Å². The Labute approximate surface area is 204 Å². The number of nitrogens with zero attached hydrogens (tertiary/aromatic N) is 2. The number of fused-ring (bicyclic) bond motifs is 1. The maximum absolute atomic E-state index is 12.7. The number of H-pyrrole nitrogens is 1. The Morgan fingerprint density at radius 3 is 2.71 bits per heavy atom. The van der Waals surface area contributed by atoms with E-state index >= 15 is 0 Å². The molecule has 2 N–H and O–H groups in total. The van der Waals surface area contributed by atoms with E-state index in [1.54, 1.807) is 6.08 Å². The summed E-state index contributed by atoms with van der Waals surface area (Å²) in [6.07, 6.45) is 8.47. The lowest BCUT2D eigenvalue weighted by atomic mass is 10.1. The zero-order valence-corrected chi connectivity index (χ0v) is 19.7. The highest BCUT2D eigenvalue weighted by Crippen LogP contribution is 2.19. The van der Waals surface area contributed by atoms with Crippen LogP contribution in [0.1, 0.15) is 59.4 Å². The molecule has 0 spiro atoms. The monoisotopic (exact) mass is 474 g/mol. The number of ether oxygens (including phenoxy) is 1. The van der Waals surface area contributed by atoms with E-state index in [1.807, 2.05) is 47.4 Å². The molecule has 2 aromatic carbocycles. The quantitative estimate of drug-likeness (QED) is 0.399. The number of hydroxylamine groups is 1. The van der Waals surface area contributed by atoms with Crippen molar-refractivity contribution in [2.45, 2.75) is 44.8 Å². The lowest BCUT2D eigenvalue weighted by Gasteiger charge is -2.21. The van der Waals surface area contributed by atoms with Gasteiger partial charge in [-0.15, -0.1) is 0 Å². The number of carbonyl (C=O) groups excluding carboxylic acids is 2. The smallest absolute Gasteiger partial charge is 0.267 e. The normalized spacial score (nSPS) is 18.4. The molecule has 182 valence electrons. The second-order valence-corrected chi connectivity index (χ2v) is 9.05. The van der Waals surface area contributed by atoms with Gasteiger partial charge in [0.15, 0.2) is 6.29 Å². The summed E-state index contributed by atoms with van der Waals surface area (Å²) < 4.78 is 5.42. The summed E-state index contributed by atoms with van der Waals surface area (Å²) in [5, 5.41) is 0. The predicted molar refractivity (Wildman–Crippen MR) is 132 cm³/mol. The molecular formula is C27H30N4O4. The highest BCUT2D eigenvalue weighted by Gasteiger charge is 2.20. The number of imidazole rings is 1. The number of hydrogen-bond acceptors (Lipinski definition) is 5. The molecule has 3 aromatic rings. The highest BCUT2D eigenvalue weighted by molar-refractivity contribution is 5.97. The average molecular weight is 475 g/mol. The van der Waals surface area contributed by atoms with Crippen molar-refractivity contribution < 1.29 is 19.2 Å². The summed E-state index contributed by atoms with van der Waals surface area (Å²) in [6, 6.07) is 13.6. The summed E-state index contributed by atoms with van der Waals surface area (Å²) in [5.74, 6) is 0.607. The van der Waals surface area contributed by atoms with Gasteiger partial charge < -0.3 is 14.6 Å². The first-order valence-corrected chi connectivity index (χ1v) is 12.3. The molecule has 2 saturated heterocycles. The van der Waals surface area contributed by atoms with Gasteiger partial charge in [0, 0.05) is 44.2 Å². The third kappa shape index (κ3) is 5.96. The van der Waals surface area contributed by atoms with E-state index in [0.29, 0.717) is 18.6 Å². The molecule has 2 amide bonds. The maximum Gasteiger partial charge on any atom is 0.267 e. The Morgan fingerprint density at radius 1 is 1.11 bits per heavy atom. The second-order valence-electron chi connectivity index (χ2n) is 9.05. The topological polar surface area (TPSA) is 96.6 Å². The van der Waals surface area contributed by atoms with Crippen molar-refractivity contribution >= 4 is 28.9 Å². The summed E-state index contributed by atoms with van der Waals surface area (Å²) >= 11 is 0. The van der Waals surface area contributed by atoms with Crippen molar-refractivity contribution in [1.29, 1.82) is 0 Å². The van der Waals surface area contributed by atoms with Crippen LogP contribution in [0.5, 0.6) is 0 Å². The van der Waals surface area contributed by atoms with E-state index in [4.69, 9.17) is 9.57 Å². The SMILES string of the molecule is O=C(C=Cc1ccc(Cc2nc3ccc(C(=O)N4CCCC4)cc3[nH]2)cc1)NOC1CCCCO1. The van der Waals surface area contributed by atoms with Crippen molar-refractivity contribution in [3.05, 3.63) is 71.1 Å². The van der Waals surface area contributed by atoms with Crippen LogP contribution >= 0.6 is 0 Å². The van der Waals surface area contributed by atoms with Gasteiger partial charge in [-0.1, -0.05) is 24.3 Å². The fourth-order valence-corrected chi connectivity index (χ4v) is 4.46. The molecule has 35 heavy (non-hydrogen) atoms. The molecule has 1 atom stereocenters. The predicted octanol–water partition coefficient (Wildman–Crippen LogP) is 3.98. The van der Waals surface area contributed by atoms with Crippen LogP contribution in [0.2, 0.25) is 0 Å². The van der Waals surface area contributed by atoms with Crippen LogP contribution < -0.4 is 5.48 Å². The number of rotatable bonds is 7. The van der Waals surface area contributed by atoms with Gasteiger partial charge in [0.05, 0.1) is 11.0 Å². The molecule has 0 radical (unpaired) electrons. The van der Waals surface area contributed by atoms with Crippen LogP contribution in [0, 0.1) is 0 Å². The van der Waals surface area contributed by atoms with E-state index in [-0.39, 0.29) is 18.1 Å². The number of nitrogens with one attached hydrogen (secondary N) is 2. The minimum Gasteiger partial charge on any atom is -0.350 e. The number of aromatic nitrogens is 2. The molecule has 0 aliphatic carbocycles. The minimum atomic E-state index is -0.365. The molecule has 0 saturated carbocycles. The van der Waals surface area contributed by atoms with Crippen LogP contribution in [0.25, 0.3) is 17.1 Å². The molecule has 3 heterocycles. The minimum absolute atomic E-state index is 0.0896. The van der Waals surface area contributed by atoms with Gasteiger partial charge in [0.2, 0.25) is 0 Å².